The molecule has 1 unspecified atom stereocenters. The standard InChI is InChI=1S/C26H28N4O2S2/c1-16-17(2)33-25-23(16)26(29-15-28-25)34-22-9-7-6-8-20(22)24(31)27-14-21(30(3)4)18-10-12-19(32-5)13-11-18/h6-13,15,21H,14H2,1-5H3,(H,27,31). The number of likely N-dealkylation sites (N-methyl/N-ethyl adjacent to an activating group) is 1. The van der Waals surface area contributed by atoms with Crippen LogP contribution in [0.4, 0.5) is 0 Å². The van der Waals surface area contributed by atoms with Crippen LogP contribution in [0.25, 0.3) is 10.2 Å². The van der Waals surface area contributed by atoms with Crippen LogP contribution < -0.4 is 10.1 Å². The molecule has 4 rings (SSSR count). The third kappa shape index (κ3) is 5.09. The lowest BCUT2D eigenvalue weighted by Gasteiger charge is -2.25. The minimum Gasteiger partial charge on any atom is -0.497 e. The summed E-state index contributed by atoms with van der Waals surface area (Å²) < 4.78 is 5.27. The van der Waals surface area contributed by atoms with Crippen LogP contribution in [0.1, 0.15) is 32.4 Å². The molecule has 176 valence electrons. The van der Waals surface area contributed by atoms with Gasteiger partial charge >= 0.3 is 0 Å². The van der Waals surface area contributed by atoms with Gasteiger partial charge in [-0.1, -0.05) is 36.0 Å². The van der Waals surface area contributed by atoms with Gasteiger partial charge in [-0.15, -0.1) is 11.3 Å². The smallest absolute Gasteiger partial charge is 0.252 e. The number of amides is 1. The lowest BCUT2D eigenvalue weighted by Crippen LogP contribution is -2.34. The average molecular weight is 493 g/mol. The summed E-state index contributed by atoms with van der Waals surface area (Å²) >= 11 is 3.18. The minimum absolute atomic E-state index is 0.0348. The molecular weight excluding hydrogens is 464 g/mol. The van der Waals surface area contributed by atoms with Crippen molar-refractivity contribution in [2.75, 3.05) is 27.7 Å². The van der Waals surface area contributed by atoms with Crippen molar-refractivity contribution >= 4 is 39.2 Å². The molecule has 1 atom stereocenters. The van der Waals surface area contributed by atoms with Crippen LogP contribution in [-0.4, -0.2) is 48.5 Å². The zero-order chi connectivity index (χ0) is 24.2. The number of thiophene rings is 1. The summed E-state index contributed by atoms with van der Waals surface area (Å²) in [4.78, 5) is 27.4. The topological polar surface area (TPSA) is 67.3 Å². The Labute approximate surface area is 208 Å². The first-order chi connectivity index (χ1) is 16.4. The predicted molar refractivity (Wildman–Crippen MR) is 139 cm³/mol. The molecule has 0 spiro atoms. The first kappa shape index (κ1) is 24.2. The highest BCUT2D eigenvalue weighted by Crippen LogP contribution is 2.38. The molecule has 0 bridgehead atoms. The van der Waals surface area contributed by atoms with Gasteiger partial charge in [0.05, 0.1) is 18.7 Å². The van der Waals surface area contributed by atoms with E-state index in [9.17, 15) is 4.79 Å². The Bertz CT molecular complexity index is 1300. The van der Waals surface area contributed by atoms with Crippen LogP contribution in [0.5, 0.6) is 5.75 Å². The Morgan fingerprint density at radius 1 is 1.12 bits per heavy atom. The first-order valence-corrected chi connectivity index (χ1v) is 12.6. The predicted octanol–water partition coefficient (Wildman–Crippen LogP) is 5.50. The Hall–Kier alpha value is -2.94. The number of carbonyl (C=O) groups is 1. The fourth-order valence-corrected chi connectivity index (χ4v) is 5.92. The van der Waals surface area contributed by atoms with E-state index < -0.39 is 0 Å². The van der Waals surface area contributed by atoms with E-state index in [1.165, 1.54) is 22.2 Å². The molecule has 34 heavy (non-hydrogen) atoms. The second-order valence-electron chi connectivity index (χ2n) is 8.20. The number of hydrogen-bond donors (Lipinski definition) is 1. The van der Waals surface area contributed by atoms with Crippen LogP contribution in [0.3, 0.4) is 0 Å². The largest absolute Gasteiger partial charge is 0.497 e. The van der Waals surface area contributed by atoms with Crippen LogP contribution in [0, 0.1) is 13.8 Å². The number of aromatic nitrogens is 2. The number of aryl methyl sites for hydroxylation is 2. The summed E-state index contributed by atoms with van der Waals surface area (Å²) in [6.45, 7) is 4.68. The summed E-state index contributed by atoms with van der Waals surface area (Å²) in [6, 6.07) is 15.6. The summed E-state index contributed by atoms with van der Waals surface area (Å²) in [5.41, 5.74) is 2.94. The van der Waals surface area contributed by atoms with Gasteiger partial charge in [0.15, 0.2) is 0 Å². The van der Waals surface area contributed by atoms with Gasteiger partial charge in [0, 0.05) is 21.7 Å². The van der Waals surface area contributed by atoms with E-state index in [0.29, 0.717) is 12.1 Å². The number of methoxy groups -OCH3 is 1. The molecule has 0 aliphatic carbocycles. The van der Waals surface area contributed by atoms with Crippen molar-refractivity contribution in [2.24, 2.45) is 0 Å². The Kier molecular flexibility index (Phi) is 7.50. The molecule has 4 aromatic rings. The molecule has 6 nitrogen and oxygen atoms in total. The third-order valence-corrected chi connectivity index (χ3v) is 8.04. The van der Waals surface area contributed by atoms with Crippen LogP contribution >= 0.6 is 23.1 Å². The van der Waals surface area contributed by atoms with E-state index in [4.69, 9.17) is 4.74 Å². The normalized spacial score (nSPS) is 12.2. The lowest BCUT2D eigenvalue weighted by atomic mass is 10.1. The van der Waals surface area contributed by atoms with Gasteiger partial charge in [-0.2, -0.15) is 0 Å². The second-order valence-corrected chi connectivity index (χ2v) is 10.4. The fraction of sp³-hybridized carbons (Fsp3) is 0.269. The SMILES string of the molecule is COc1ccc(C(CNC(=O)c2ccccc2Sc2ncnc3sc(C)c(C)c23)N(C)C)cc1. The zero-order valence-electron chi connectivity index (χ0n) is 20.0. The van der Waals surface area contributed by atoms with Gasteiger partial charge in [0.2, 0.25) is 0 Å². The molecule has 2 heterocycles. The molecule has 2 aromatic carbocycles. The monoisotopic (exact) mass is 492 g/mol. The number of ether oxygens (including phenoxy) is 1. The molecule has 0 saturated heterocycles. The molecule has 0 fully saturated rings. The van der Waals surface area contributed by atoms with E-state index in [1.54, 1.807) is 24.8 Å². The highest BCUT2D eigenvalue weighted by molar-refractivity contribution is 7.99. The van der Waals surface area contributed by atoms with Gasteiger partial charge in [-0.3, -0.25) is 4.79 Å². The minimum atomic E-state index is -0.105. The first-order valence-electron chi connectivity index (χ1n) is 10.9. The maximum atomic E-state index is 13.3. The Morgan fingerprint density at radius 2 is 1.85 bits per heavy atom. The van der Waals surface area contributed by atoms with E-state index in [2.05, 4.69) is 34.0 Å². The molecule has 0 aliphatic heterocycles. The van der Waals surface area contributed by atoms with Gasteiger partial charge in [0.1, 0.15) is 21.9 Å². The maximum Gasteiger partial charge on any atom is 0.252 e. The maximum absolute atomic E-state index is 13.3. The molecule has 0 saturated carbocycles. The third-order valence-electron chi connectivity index (χ3n) is 5.85. The highest BCUT2D eigenvalue weighted by atomic mass is 32.2. The number of benzene rings is 2. The molecule has 2 aromatic heterocycles. The molecule has 0 aliphatic rings. The number of nitrogens with zero attached hydrogens (tertiary/aromatic N) is 3. The number of fused-ring (bicyclic) bond motifs is 1. The van der Waals surface area contributed by atoms with Crippen LogP contribution in [0.2, 0.25) is 0 Å². The summed E-state index contributed by atoms with van der Waals surface area (Å²) in [5, 5.41) is 5.07. The quantitative estimate of drug-likeness (QED) is 0.328. The van der Waals surface area contributed by atoms with E-state index in [1.807, 2.05) is 62.6 Å². The van der Waals surface area contributed by atoms with Gasteiger partial charge in [-0.05, 0) is 63.3 Å². The van der Waals surface area contributed by atoms with Gasteiger partial charge in [0.25, 0.3) is 5.91 Å². The second kappa shape index (κ2) is 10.5. The van der Waals surface area contributed by atoms with E-state index in [0.717, 1.165) is 31.5 Å². The fourth-order valence-electron chi connectivity index (χ4n) is 3.78. The van der Waals surface area contributed by atoms with Crippen molar-refractivity contribution in [1.29, 1.82) is 0 Å². The molecule has 1 N–H and O–H groups in total. The molecule has 8 heteroatoms. The van der Waals surface area contributed by atoms with E-state index in [-0.39, 0.29) is 11.9 Å². The molecular formula is C26H28N4O2S2. The van der Waals surface area contributed by atoms with E-state index >= 15 is 0 Å². The zero-order valence-corrected chi connectivity index (χ0v) is 21.6. The number of nitrogens with one attached hydrogen (secondary N) is 1. The van der Waals surface area contributed by atoms with Crippen molar-refractivity contribution in [1.82, 2.24) is 20.2 Å². The molecule has 0 radical (unpaired) electrons. The lowest BCUT2D eigenvalue weighted by molar-refractivity contribution is 0.0939. The van der Waals surface area contributed by atoms with Gasteiger partial charge < -0.3 is 15.0 Å². The Balaban J connectivity index is 1.55. The highest BCUT2D eigenvalue weighted by Gasteiger charge is 2.19. The average Bonchev–Trinajstić information content (AvgIpc) is 3.13. The van der Waals surface area contributed by atoms with Crippen molar-refractivity contribution in [3.8, 4) is 5.75 Å². The van der Waals surface area contributed by atoms with Crippen LogP contribution in [0.15, 0.2) is 64.8 Å². The van der Waals surface area contributed by atoms with Crippen molar-refractivity contribution in [2.45, 2.75) is 29.8 Å². The van der Waals surface area contributed by atoms with Crippen molar-refractivity contribution in [3.63, 3.8) is 0 Å². The van der Waals surface area contributed by atoms with Gasteiger partial charge in [-0.25, -0.2) is 9.97 Å². The van der Waals surface area contributed by atoms with Crippen molar-refractivity contribution in [3.05, 3.63) is 76.4 Å². The Morgan fingerprint density at radius 3 is 2.56 bits per heavy atom. The molecule has 1 amide bonds. The summed E-state index contributed by atoms with van der Waals surface area (Å²) in [6.07, 6.45) is 1.60. The number of rotatable bonds is 8. The summed E-state index contributed by atoms with van der Waals surface area (Å²) in [5.74, 6) is 0.707. The van der Waals surface area contributed by atoms with Crippen LogP contribution in [-0.2, 0) is 0 Å². The summed E-state index contributed by atoms with van der Waals surface area (Å²) in [7, 11) is 5.67. The number of carbonyl (C=O) groups excluding carboxylic acids is 1. The van der Waals surface area contributed by atoms with Crippen molar-refractivity contribution < 1.29 is 9.53 Å². The number of hydrogen-bond acceptors (Lipinski definition) is 7.